The summed E-state index contributed by atoms with van der Waals surface area (Å²) < 4.78 is 5.94. The molecule has 0 aliphatic carbocycles. The maximum Gasteiger partial charge on any atom is 0.413 e. The normalized spacial score (nSPS) is 12.2. The number of ether oxygens (including phenoxy) is 1. The van der Waals surface area contributed by atoms with Crippen LogP contribution in [0.15, 0.2) is 17.4 Å². The number of aromatic nitrogens is 3. The van der Waals surface area contributed by atoms with E-state index in [9.17, 15) is 9.59 Å². The smallest absolute Gasteiger partial charge is 0.413 e. The predicted molar refractivity (Wildman–Crippen MR) is 78.9 cm³/mol. The molecule has 0 aliphatic rings. The van der Waals surface area contributed by atoms with Crippen LogP contribution in [0, 0.1) is 0 Å². The number of thioether (sulfide) groups is 1. The fourth-order valence-corrected chi connectivity index (χ4v) is 2.78. The van der Waals surface area contributed by atoms with Crippen LogP contribution in [0.5, 0.6) is 0 Å². The summed E-state index contributed by atoms with van der Waals surface area (Å²) in [4.78, 5) is 22.8. The molecule has 7 nitrogen and oxygen atoms in total. The largest absolute Gasteiger partial charge is 0.453 e. The van der Waals surface area contributed by atoms with Crippen LogP contribution in [-0.4, -0.2) is 39.0 Å². The van der Waals surface area contributed by atoms with Crippen LogP contribution >= 0.6 is 35.0 Å². The molecule has 0 saturated carbocycles. The summed E-state index contributed by atoms with van der Waals surface area (Å²) in [6.07, 6.45) is 0.778. The van der Waals surface area contributed by atoms with Crippen molar-refractivity contribution in [2.75, 3.05) is 7.11 Å². The number of halogens is 2. The van der Waals surface area contributed by atoms with Crippen molar-refractivity contribution in [2.24, 2.45) is 0 Å². The van der Waals surface area contributed by atoms with Crippen LogP contribution in [0.1, 0.15) is 6.92 Å². The highest BCUT2D eigenvalue weighted by atomic mass is 35.5. The molecule has 112 valence electrons. The lowest BCUT2D eigenvalue weighted by molar-refractivity contribution is -0.119. The van der Waals surface area contributed by atoms with Crippen molar-refractivity contribution in [2.45, 2.75) is 17.3 Å². The van der Waals surface area contributed by atoms with E-state index in [1.54, 1.807) is 23.6 Å². The highest BCUT2D eigenvalue weighted by molar-refractivity contribution is 8.00. The topological polar surface area (TPSA) is 85.6 Å². The predicted octanol–water partition coefficient (Wildman–Crippen LogP) is 2.40. The Bertz CT molecular complexity index is 706. The second-order valence-corrected chi connectivity index (χ2v) is 6.07. The van der Waals surface area contributed by atoms with E-state index >= 15 is 0 Å². The summed E-state index contributed by atoms with van der Waals surface area (Å²) in [6, 6.07) is 1.55. The lowest BCUT2D eigenvalue weighted by Crippen LogP contribution is -2.35. The van der Waals surface area contributed by atoms with E-state index in [0.29, 0.717) is 20.8 Å². The van der Waals surface area contributed by atoms with Crippen LogP contribution in [0.3, 0.4) is 0 Å². The third-order valence-corrected chi connectivity index (χ3v) is 4.00. The number of rotatable bonds is 3. The zero-order valence-corrected chi connectivity index (χ0v) is 13.3. The molecule has 1 N–H and O–H groups in total. The summed E-state index contributed by atoms with van der Waals surface area (Å²) in [7, 11) is 1.18. The Morgan fingerprint density at radius 1 is 1.43 bits per heavy atom. The fourth-order valence-electron chi connectivity index (χ4n) is 1.45. The second-order valence-electron chi connectivity index (χ2n) is 3.92. The molecule has 0 bridgehead atoms. The first kappa shape index (κ1) is 15.9. The van der Waals surface area contributed by atoms with Crippen LogP contribution in [0.4, 0.5) is 4.79 Å². The number of nitrogens with zero attached hydrogens (tertiary/aromatic N) is 3. The van der Waals surface area contributed by atoms with Gasteiger partial charge in [-0.05, 0) is 13.0 Å². The molecule has 0 aliphatic heterocycles. The van der Waals surface area contributed by atoms with Crippen molar-refractivity contribution in [3.05, 3.63) is 22.3 Å². The zero-order chi connectivity index (χ0) is 15.6. The minimum atomic E-state index is -0.815. The first-order valence-corrected chi connectivity index (χ1v) is 7.31. The average molecular weight is 349 g/mol. The van der Waals surface area contributed by atoms with Gasteiger partial charge in [-0.25, -0.2) is 4.79 Å². The van der Waals surface area contributed by atoms with Gasteiger partial charge in [-0.2, -0.15) is 0 Å². The van der Waals surface area contributed by atoms with Gasteiger partial charge in [0.2, 0.25) is 5.91 Å². The average Bonchev–Trinajstić information content (AvgIpc) is 2.81. The van der Waals surface area contributed by atoms with Crippen molar-refractivity contribution in [1.82, 2.24) is 19.9 Å². The van der Waals surface area contributed by atoms with Gasteiger partial charge in [0.15, 0.2) is 10.8 Å². The third kappa shape index (κ3) is 3.58. The van der Waals surface area contributed by atoms with Gasteiger partial charge in [0, 0.05) is 6.20 Å². The summed E-state index contributed by atoms with van der Waals surface area (Å²) in [5.74, 6) is -0.503. The summed E-state index contributed by atoms with van der Waals surface area (Å²) >= 11 is 13.0. The standard InChI is InChI=1S/C11H10Cl2N4O3S/c1-5(9(18)14-11(19)20-2)21-10-16-15-8-7(13)3-6(12)4-17(8)10/h3-5H,1-2H3,(H,14,18,19)/t5-/m1/s1. The van der Waals surface area contributed by atoms with Crippen molar-refractivity contribution in [3.8, 4) is 0 Å². The van der Waals surface area contributed by atoms with E-state index in [0.717, 1.165) is 11.8 Å². The number of methoxy groups -OCH3 is 1. The van der Waals surface area contributed by atoms with Crippen molar-refractivity contribution < 1.29 is 14.3 Å². The van der Waals surface area contributed by atoms with Gasteiger partial charge in [0.05, 0.1) is 22.4 Å². The molecule has 0 aromatic carbocycles. The number of hydrogen-bond donors (Lipinski definition) is 1. The zero-order valence-electron chi connectivity index (χ0n) is 11.0. The van der Waals surface area contributed by atoms with E-state index in [1.165, 1.54) is 7.11 Å². The molecule has 2 aromatic heterocycles. The van der Waals surface area contributed by atoms with Crippen molar-refractivity contribution in [3.63, 3.8) is 0 Å². The Labute approximate surface area is 133 Å². The van der Waals surface area contributed by atoms with E-state index < -0.39 is 17.3 Å². The number of alkyl carbamates (subject to hydrolysis) is 1. The molecule has 2 heterocycles. The van der Waals surface area contributed by atoms with Crippen LogP contribution < -0.4 is 5.32 Å². The lowest BCUT2D eigenvalue weighted by Gasteiger charge is -2.09. The Hall–Kier alpha value is -1.51. The summed E-state index contributed by atoms with van der Waals surface area (Å²) in [5, 5.41) is 10.6. The number of carbonyl (C=O) groups is 2. The molecule has 1 atom stereocenters. The molecule has 0 unspecified atom stereocenters. The molecule has 0 saturated heterocycles. The van der Waals surface area contributed by atoms with Gasteiger partial charge >= 0.3 is 6.09 Å². The molecule has 0 spiro atoms. The third-order valence-electron chi connectivity index (χ3n) is 2.46. The highest BCUT2D eigenvalue weighted by Gasteiger charge is 2.20. The van der Waals surface area contributed by atoms with Gasteiger partial charge in [0.25, 0.3) is 0 Å². The minimum Gasteiger partial charge on any atom is -0.453 e. The maximum absolute atomic E-state index is 11.8. The minimum absolute atomic E-state index is 0.355. The van der Waals surface area contributed by atoms with E-state index in [1.807, 2.05) is 0 Å². The lowest BCUT2D eigenvalue weighted by atomic mass is 10.4. The molecule has 2 rings (SSSR count). The number of amides is 2. The summed E-state index contributed by atoms with van der Waals surface area (Å²) in [5.41, 5.74) is 0.434. The van der Waals surface area contributed by atoms with Crippen LogP contribution in [0.2, 0.25) is 10.0 Å². The van der Waals surface area contributed by atoms with Crippen molar-refractivity contribution in [1.29, 1.82) is 0 Å². The Kier molecular flexibility index (Phi) is 4.92. The van der Waals surface area contributed by atoms with E-state index in [-0.39, 0.29) is 0 Å². The molecule has 0 fully saturated rings. The molecule has 2 amide bonds. The molecule has 10 heteroatoms. The van der Waals surface area contributed by atoms with Gasteiger partial charge in [-0.1, -0.05) is 35.0 Å². The van der Waals surface area contributed by atoms with Gasteiger partial charge in [-0.15, -0.1) is 10.2 Å². The number of hydrogen-bond acceptors (Lipinski definition) is 6. The monoisotopic (exact) mass is 348 g/mol. The highest BCUT2D eigenvalue weighted by Crippen LogP contribution is 2.27. The van der Waals surface area contributed by atoms with Gasteiger partial charge < -0.3 is 4.74 Å². The number of imide groups is 1. The second kappa shape index (κ2) is 6.50. The maximum atomic E-state index is 11.8. The molecule has 2 aromatic rings. The van der Waals surface area contributed by atoms with Crippen LogP contribution in [0.25, 0.3) is 5.65 Å². The SMILES string of the molecule is COC(=O)NC(=O)[C@@H](C)Sc1nnc2c(Cl)cc(Cl)cn12. The van der Waals surface area contributed by atoms with E-state index in [2.05, 4.69) is 20.3 Å². The molecular weight excluding hydrogens is 339 g/mol. The van der Waals surface area contributed by atoms with E-state index in [4.69, 9.17) is 23.2 Å². The quantitative estimate of drug-likeness (QED) is 0.857. The van der Waals surface area contributed by atoms with Crippen molar-refractivity contribution >= 4 is 52.6 Å². The first-order valence-electron chi connectivity index (χ1n) is 5.67. The number of carbonyl (C=O) groups excluding carboxylic acids is 2. The number of fused-ring (bicyclic) bond motifs is 1. The van der Waals surface area contributed by atoms with Gasteiger partial charge in [-0.3, -0.25) is 14.5 Å². The number of nitrogens with one attached hydrogen (secondary N) is 1. The van der Waals surface area contributed by atoms with Crippen LogP contribution in [-0.2, 0) is 9.53 Å². The molecular formula is C11H10Cl2N4O3S. The Morgan fingerprint density at radius 3 is 2.81 bits per heavy atom. The number of pyridine rings is 1. The Balaban J connectivity index is 2.20. The van der Waals surface area contributed by atoms with Gasteiger partial charge in [0.1, 0.15) is 0 Å². The molecule has 0 radical (unpaired) electrons. The first-order chi connectivity index (χ1) is 9.92. The fraction of sp³-hybridized carbons (Fsp3) is 0.273. The Morgan fingerprint density at radius 2 is 2.14 bits per heavy atom. The summed E-state index contributed by atoms with van der Waals surface area (Å²) in [6.45, 7) is 1.62. The molecule has 21 heavy (non-hydrogen) atoms.